The number of hydrogen-bond donors (Lipinski definition) is 2. The molecule has 1 fully saturated rings. The minimum atomic E-state index is -0.0783. The summed E-state index contributed by atoms with van der Waals surface area (Å²) in [6, 6.07) is 18.3. The molecule has 2 aromatic carbocycles. The molecule has 1 saturated heterocycles. The zero-order valence-electron chi connectivity index (χ0n) is 15.3. The number of ether oxygens (including phenoxy) is 1. The quantitative estimate of drug-likeness (QED) is 0.767. The van der Waals surface area contributed by atoms with Crippen molar-refractivity contribution < 1.29 is 9.84 Å². The van der Waals surface area contributed by atoms with E-state index < -0.39 is 0 Å². The first-order valence-electron chi connectivity index (χ1n) is 9.17. The largest absolute Gasteiger partial charge is 0.508 e. The Labute approximate surface area is 151 Å². The molecule has 3 rings (SSSR count). The molecule has 0 aliphatic carbocycles. The molecule has 0 bridgehead atoms. The summed E-state index contributed by atoms with van der Waals surface area (Å²) in [5.74, 6) is 0.316. The van der Waals surface area contributed by atoms with Crippen LogP contribution >= 0.6 is 0 Å². The molecule has 3 nitrogen and oxygen atoms in total. The summed E-state index contributed by atoms with van der Waals surface area (Å²) in [4.78, 5) is 0. The maximum atomic E-state index is 9.38. The van der Waals surface area contributed by atoms with Crippen LogP contribution in [0.3, 0.4) is 0 Å². The number of aromatic hydroxyl groups is 1. The molecule has 0 radical (unpaired) electrons. The zero-order chi connectivity index (χ0) is 17.8. The van der Waals surface area contributed by atoms with Crippen molar-refractivity contribution >= 4 is 0 Å². The van der Waals surface area contributed by atoms with Gasteiger partial charge in [0.15, 0.2) is 0 Å². The van der Waals surface area contributed by atoms with Gasteiger partial charge in [-0.1, -0.05) is 42.5 Å². The van der Waals surface area contributed by atoms with Gasteiger partial charge in [0.25, 0.3) is 0 Å². The van der Waals surface area contributed by atoms with E-state index in [1.165, 1.54) is 11.1 Å². The normalized spacial score (nSPS) is 22.6. The van der Waals surface area contributed by atoms with E-state index in [4.69, 9.17) is 4.74 Å². The Bertz CT molecular complexity index is 666. The second-order valence-electron chi connectivity index (χ2n) is 7.77. The fourth-order valence-corrected chi connectivity index (χ4v) is 4.05. The lowest BCUT2D eigenvalue weighted by Gasteiger charge is -2.45. The van der Waals surface area contributed by atoms with E-state index in [-0.39, 0.29) is 11.0 Å². The maximum absolute atomic E-state index is 9.38. The second-order valence-corrected chi connectivity index (χ2v) is 7.77. The molecule has 1 aliphatic heterocycles. The first-order valence-corrected chi connectivity index (χ1v) is 9.17. The molecule has 2 N–H and O–H groups in total. The average molecular weight is 339 g/mol. The van der Waals surface area contributed by atoms with Crippen molar-refractivity contribution in [2.24, 2.45) is 0 Å². The predicted molar refractivity (Wildman–Crippen MR) is 102 cm³/mol. The Balaban J connectivity index is 1.65. The van der Waals surface area contributed by atoms with Crippen LogP contribution in [-0.4, -0.2) is 23.9 Å². The minimum absolute atomic E-state index is 0.0783. The van der Waals surface area contributed by atoms with Gasteiger partial charge in [-0.05, 0) is 62.9 Å². The molecule has 1 atom stereocenters. The number of nitrogens with one attached hydrogen (secondary N) is 1. The average Bonchev–Trinajstić information content (AvgIpc) is 2.60. The molecule has 134 valence electrons. The van der Waals surface area contributed by atoms with Gasteiger partial charge in [0.1, 0.15) is 5.75 Å². The molecule has 1 aliphatic rings. The van der Waals surface area contributed by atoms with Gasteiger partial charge >= 0.3 is 0 Å². The van der Waals surface area contributed by atoms with Crippen LogP contribution in [-0.2, 0) is 16.7 Å². The highest BCUT2D eigenvalue weighted by Crippen LogP contribution is 2.43. The summed E-state index contributed by atoms with van der Waals surface area (Å²) in [7, 11) is 0. The monoisotopic (exact) mass is 339 g/mol. The van der Waals surface area contributed by atoms with Crippen molar-refractivity contribution in [2.75, 3.05) is 13.2 Å². The fourth-order valence-electron chi connectivity index (χ4n) is 4.05. The third-order valence-electron chi connectivity index (χ3n) is 5.27. The second kappa shape index (κ2) is 7.59. The third-order valence-corrected chi connectivity index (χ3v) is 5.27. The van der Waals surface area contributed by atoms with Gasteiger partial charge in [0, 0.05) is 18.6 Å². The highest BCUT2D eigenvalue weighted by molar-refractivity contribution is 5.27. The van der Waals surface area contributed by atoms with Crippen molar-refractivity contribution in [1.29, 1.82) is 0 Å². The lowest BCUT2D eigenvalue weighted by atomic mass is 9.67. The molecule has 1 heterocycles. The summed E-state index contributed by atoms with van der Waals surface area (Å²) in [6.07, 6.45) is 3.22. The molecule has 0 saturated carbocycles. The van der Waals surface area contributed by atoms with Crippen LogP contribution < -0.4 is 5.32 Å². The van der Waals surface area contributed by atoms with E-state index in [0.717, 1.165) is 39.0 Å². The molecule has 1 unspecified atom stereocenters. The van der Waals surface area contributed by atoms with Crippen LogP contribution in [0.5, 0.6) is 5.75 Å². The van der Waals surface area contributed by atoms with Crippen molar-refractivity contribution in [3.8, 4) is 5.75 Å². The Morgan fingerprint density at radius 1 is 1.04 bits per heavy atom. The molecule has 25 heavy (non-hydrogen) atoms. The summed E-state index contributed by atoms with van der Waals surface area (Å²) in [5, 5.41) is 12.9. The lowest BCUT2D eigenvalue weighted by Crippen LogP contribution is -2.45. The van der Waals surface area contributed by atoms with Crippen LogP contribution in [0.2, 0.25) is 0 Å². The zero-order valence-corrected chi connectivity index (χ0v) is 15.3. The van der Waals surface area contributed by atoms with Gasteiger partial charge in [-0.2, -0.15) is 0 Å². The van der Waals surface area contributed by atoms with E-state index in [1.54, 1.807) is 12.1 Å². The minimum Gasteiger partial charge on any atom is -0.508 e. The van der Waals surface area contributed by atoms with E-state index in [2.05, 4.69) is 49.5 Å². The summed E-state index contributed by atoms with van der Waals surface area (Å²) in [6.45, 7) is 7.01. The third kappa shape index (κ3) is 4.62. The van der Waals surface area contributed by atoms with Crippen LogP contribution in [0.15, 0.2) is 54.6 Å². The van der Waals surface area contributed by atoms with Gasteiger partial charge in [-0.3, -0.25) is 0 Å². The number of hydrogen-bond acceptors (Lipinski definition) is 3. The number of rotatable bonds is 6. The van der Waals surface area contributed by atoms with Gasteiger partial charge in [0.05, 0.1) is 5.60 Å². The standard InChI is InChI=1S/C22H29NO2/c1-21(2)17-22(13-15-25-21,19-6-4-3-5-7-19)12-14-23-16-18-8-10-20(24)11-9-18/h3-11,23-24H,12-17H2,1-2H3. The van der Waals surface area contributed by atoms with Gasteiger partial charge in [0.2, 0.25) is 0 Å². The molecular weight excluding hydrogens is 310 g/mol. The van der Waals surface area contributed by atoms with E-state index in [1.807, 2.05) is 12.1 Å². The highest BCUT2D eigenvalue weighted by atomic mass is 16.5. The Hall–Kier alpha value is -1.84. The highest BCUT2D eigenvalue weighted by Gasteiger charge is 2.41. The number of phenols is 1. The van der Waals surface area contributed by atoms with Crippen molar-refractivity contribution in [2.45, 2.75) is 50.7 Å². The molecule has 0 amide bonds. The molecule has 3 heteroatoms. The van der Waals surface area contributed by atoms with E-state index in [9.17, 15) is 5.11 Å². The SMILES string of the molecule is CC1(C)CC(CCNCc2ccc(O)cc2)(c2ccccc2)CCO1. The smallest absolute Gasteiger partial charge is 0.115 e. The van der Waals surface area contributed by atoms with Crippen LogP contribution in [0.1, 0.15) is 44.2 Å². The number of phenolic OH excluding ortho intramolecular Hbond substituents is 1. The summed E-state index contributed by atoms with van der Waals surface area (Å²) in [5.41, 5.74) is 2.72. The Morgan fingerprint density at radius 3 is 2.44 bits per heavy atom. The molecular formula is C22H29NO2. The molecule has 2 aromatic rings. The van der Waals surface area contributed by atoms with E-state index in [0.29, 0.717) is 5.75 Å². The molecule has 0 aromatic heterocycles. The maximum Gasteiger partial charge on any atom is 0.115 e. The fraction of sp³-hybridized carbons (Fsp3) is 0.455. The first-order chi connectivity index (χ1) is 12.0. The van der Waals surface area contributed by atoms with Gasteiger partial charge in [-0.25, -0.2) is 0 Å². The van der Waals surface area contributed by atoms with Crippen LogP contribution in [0.4, 0.5) is 0 Å². The Morgan fingerprint density at radius 2 is 1.76 bits per heavy atom. The van der Waals surface area contributed by atoms with Crippen molar-refractivity contribution in [1.82, 2.24) is 5.32 Å². The van der Waals surface area contributed by atoms with Gasteiger partial charge in [-0.15, -0.1) is 0 Å². The van der Waals surface area contributed by atoms with Crippen LogP contribution in [0.25, 0.3) is 0 Å². The predicted octanol–water partition coefficient (Wildman–Crippen LogP) is 4.40. The molecule has 0 spiro atoms. The van der Waals surface area contributed by atoms with Crippen molar-refractivity contribution in [3.05, 3.63) is 65.7 Å². The Kier molecular flexibility index (Phi) is 5.45. The summed E-state index contributed by atoms with van der Waals surface area (Å²) >= 11 is 0. The summed E-state index contributed by atoms with van der Waals surface area (Å²) < 4.78 is 5.98. The van der Waals surface area contributed by atoms with Gasteiger partial charge < -0.3 is 15.2 Å². The van der Waals surface area contributed by atoms with E-state index >= 15 is 0 Å². The first kappa shape index (κ1) is 18.0. The van der Waals surface area contributed by atoms with Crippen molar-refractivity contribution in [3.63, 3.8) is 0 Å². The topological polar surface area (TPSA) is 41.5 Å². The lowest BCUT2D eigenvalue weighted by molar-refractivity contribution is -0.0840. The number of benzene rings is 2. The van der Waals surface area contributed by atoms with Crippen LogP contribution in [0, 0.1) is 0 Å².